The normalized spacial score (nSPS) is 21.0. The van der Waals surface area contributed by atoms with Gasteiger partial charge in [-0.3, -0.25) is 0 Å². The lowest BCUT2D eigenvalue weighted by Crippen LogP contribution is -2.52. The minimum Gasteiger partial charge on any atom is -0.495 e. The van der Waals surface area contributed by atoms with Gasteiger partial charge in [0.05, 0.1) is 18.9 Å². The molecule has 0 aromatic heterocycles. The van der Waals surface area contributed by atoms with E-state index in [1.54, 1.807) is 7.11 Å². The maximum Gasteiger partial charge on any atom is 0.317 e. The number of nitrogens with zero attached hydrogens (tertiary/aromatic N) is 2. The average molecular weight is 333 g/mol. The number of carbonyl (C=O) groups excluding carboxylic acids is 1. The number of rotatable bonds is 4. The first-order valence-electron chi connectivity index (χ1n) is 8.71. The van der Waals surface area contributed by atoms with Crippen LogP contribution in [0.4, 0.5) is 10.5 Å². The molecule has 0 bridgehead atoms. The van der Waals surface area contributed by atoms with Gasteiger partial charge < -0.3 is 24.6 Å². The number of methoxy groups -OCH3 is 1. The van der Waals surface area contributed by atoms with Crippen molar-refractivity contribution in [2.45, 2.75) is 25.9 Å². The van der Waals surface area contributed by atoms with E-state index in [2.05, 4.69) is 29.3 Å². The van der Waals surface area contributed by atoms with Gasteiger partial charge in [0.25, 0.3) is 0 Å². The highest BCUT2D eigenvalue weighted by atomic mass is 16.5. The molecule has 3 rings (SSSR count). The van der Waals surface area contributed by atoms with Crippen LogP contribution >= 0.6 is 0 Å². The van der Waals surface area contributed by atoms with Gasteiger partial charge in [-0.2, -0.15) is 0 Å². The van der Waals surface area contributed by atoms with Crippen LogP contribution in [-0.2, 0) is 4.74 Å². The van der Waals surface area contributed by atoms with Gasteiger partial charge in [0.1, 0.15) is 5.75 Å². The molecule has 1 N–H and O–H groups in total. The third kappa shape index (κ3) is 3.93. The van der Waals surface area contributed by atoms with Crippen molar-refractivity contribution in [2.24, 2.45) is 0 Å². The largest absolute Gasteiger partial charge is 0.495 e. The van der Waals surface area contributed by atoms with E-state index in [1.165, 1.54) is 5.56 Å². The number of nitrogens with one attached hydrogen (secondary N) is 1. The van der Waals surface area contributed by atoms with Gasteiger partial charge >= 0.3 is 6.03 Å². The molecule has 2 aliphatic heterocycles. The third-order valence-corrected chi connectivity index (χ3v) is 4.75. The molecule has 2 fully saturated rings. The van der Waals surface area contributed by atoms with Gasteiger partial charge in [-0.25, -0.2) is 4.79 Å². The molecular formula is C18H27N3O3. The number of benzene rings is 1. The molecule has 6 heteroatoms. The number of hydrogen-bond donors (Lipinski definition) is 1. The predicted molar refractivity (Wildman–Crippen MR) is 93.9 cm³/mol. The average Bonchev–Trinajstić information content (AvgIpc) is 3.13. The Bertz CT molecular complexity index is 565. The molecule has 1 aromatic rings. The number of urea groups is 1. The van der Waals surface area contributed by atoms with Gasteiger partial charge in [0, 0.05) is 39.3 Å². The smallest absolute Gasteiger partial charge is 0.317 e. The molecule has 1 aromatic carbocycles. The molecule has 0 saturated carbocycles. The van der Waals surface area contributed by atoms with E-state index in [9.17, 15) is 4.79 Å². The molecule has 24 heavy (non-hydrogen) atoms. The Balaban J connectivity index is 1.51. The number of piperazine rings is 1. The summed E-state index contributed by atoms with van der Waals surface area (Å²) in [5.41, 5.74) is 2.32. The lowest BCUT2D eigenvalue weighted by Gasteiger charge is -2.36. The van der Waals surface area contributed by atoms with Crippen molar-refractivity contribution in [2.75, 3.05) is 51.3 Å². The summed E-state index contributed by atoms with van der Waals surface area (Å²) < 4.78 is 11.0. The van der Waals surface area contributed by atoms with Crippen molar-refractivity contribution in [3.05, 3.63) is 23.8 Å². The van der Waals surface area contributed by atoms with E-state index >= 15 is 0 Å². The van der Waals surface area contributed by atoms with Crippen LogP contribution < -0.4 is 15.0 Å². The van der Waals surface area contributed by atoms with Crippen LogP contribution in [0.15, 0.2) is 18.2 Å². The summed E-state index contributed by atoms with van der Waals surface area (Å²) in [6.07, 6.45) is 2.32. The van der Waals surface area contributed by atoms with Crippen LogP contribution in [0, 0.1) is 6.92 Å². The van der Waals surface area contributed by atoms with E-state index in [0.29, 0.717) is 19.6 Å². The van der Waals surface area contributed by atoms with Crippen molar-refractivity contribution < 1.29 is 14.3 Å². The minimum absolute atomic E-state index is 0.0151. The number of carbonyl (C=O) groups is 1. The summed E-state index contributed by atoms with van der Waals surface area (Å²) in [5, 5.41) is 3.00. The van der Waals surface area contributed by atoms with Crippen LogP contribution in [-0.4, -0.2) is 63.5 Å². The summed E-state index contributed by atoms with van der Waals surface area (Å²) in [4.78, 5) is 16.5. The zero-order valence-electron chi connectivity index (χ0n) is 14.6. The Morgan fingerprint density at radius 3 is 2.79 bits per heavy atom. The summed E-state index contributed by atoms with van der Waals surface area (Å²) in [6, 6.07) is 6.22. The SMILES string of the molecule is COc1ccc(C)cc1N1CCN(C(=O)NCC2CCCO2)CC1. The van der Waals surface area contributed by atoms with E-state index in [0.717, 1.165) is 44.0 Å². The molecule has 2 amide bonds. The molecule has 132 valence electrons. The molecule has 0 radical (unpaired) electrons. The van der Waals surface area contributed by atoms with Crippen LogP contribution in [0.1, 0.15) is 18.4 Å². The fourth-order valence-corrected chi connectivity index (χ4v) is 3.32. The molecule has 0 aliphatic carbocycles. The van der Waals surface area contributed by atoms with Gasteiger partial charge in [-0.05, 0) is 37.5 Å². The first-order valence-corrected chi connectivity index (χ1v) is 8.71. The van der Waals surface area contributed by atoms with Gasteiger partial charge in [0.2, 0.25) is 0 Å². The lowest BCUT2D eigenvalue weighted by atomic mass is 10.1. The van der Waals surface area contributed by atoms with Crippen molar-refractivity contribution in [3.63, 3.8) is 0 Å². The fraction of sp³-hybridized carbons (Fsp3) is 0.611. The zero-order chi connectivity index (χ0) is 16.9. The second-order valence-corrected chi connectivity index (χ2v) is 6.47. The van der Waals surface area contributed by atoms with Crippen molar-refractivity contribution >= 4 is 11.7 Å². The monoisotopic (exact) mass is 333 g/mol. The van der Waals surface area contributed by atoms with Gasteiger partial charge in [-0.15, -0.1) is 0 Å². The van der Waals surface area contributed by atoms with Gasteiger partial charge in [-0.1, -0.05) is 6.07 Å². The summed E-state index contributed by atoms with van der Waals surface area (Å²) in [7, 11) is 1.70. The van der Waals surface area contributed by atoms with Gasteiger partial charge in [0.15, 0.2) is 0 Å². The highest BCUT2D eigenvalue weighted by molar-refractivity contribution is 5.74. The number of ether oxygens (including phenoxy) is 2. The minimum atomic E-state index is 0.0151. The Morgan fingerprint density at radius 2 is 2.12 bits per heavy atom. The number of anilines is 1. The Kier molecular flexibility index (Phi) is 5.45. The highest BCUT2D eigenvalue weighted by Gasteiger charge is 2.24. The number of amides is 2. The molecule has 2 aliphatic rings. The second kappa shape index (κ2) is 7.75. The molecule has 1 atom stereocenters. The lowest BCUT2D eigenvalue weighted by molar-refractivity contribution is 0.108. The molecular weight excluding hydrogens is 306 g/mol. The van der Waals surface area contributed by atoms with E-state index in [4.69, 9.17) is 9.47 Å². The van der Waals surface area contributed by atoms with Crippen LogP contribution in [0.3, 0.4) is 0 Å². The van der Waals surface area contributed by atoms with Crippen molar-refractivity contribution in [1.29, 1.82) is 0 Å². The molecule has 0 spiro atoms. The van der Waals surface area contributed by atoms with E-state index < -0.39 is 0 Å². The quantitative estimate of drug-likeness (QED) is 0.916. The first-order chi connectivity index (χ1) is 11.7. The molecule has 1 unspecified atom stereocenters. The molecule has 2 saturated heterocycles. The first kappa shape index (κ1) is 16.9. The summed E-state index contributed by atoms with van der Waals surface area (Å²) in [5.74, 6) is 0.886. The van der Waals surface area contributed by atoms with E-state index in [1.807, 2.05) is 11.0 Å². The molecule has 2 heterocycles. The highest BCUT2D eigenvalue weighted by Crippen LogP contribution is 2.30. The van der Waals surface area contributed by atoms with Crippen LogP contribution in [0.25, 0.3) is 0 Å². The Morgan fingerprint density at radius 1 is 1.33 bits per heavy atom. The maximum absolute atomic E-state index is 12.3. The van der Waals surface area contributed by atoms with Crippen LogP contribution in [0.2, 0.25) is 0 Å². The molecule has 6 nitrogen and oxygen atoms in total. The predicted octanol–water partition coefficient (Wildman–Crippen LogP) is 2.01. The number of aryl methyl sites for hydroxylation is 1. The van der Waals surface area contributed by atoms with Crippen molar-refractivity contribution in [1.82, 2.24) is 10.2 Å². The van der Waals surface area contributed by atoms with Crippen molar-refractivity contribution in [3.8, 4) is 5.75 Å². The zero-order valence-corrected chi connectivity index (χ0v) is 14.6. The summed E-state index contributed by atoms with van der Waals surface area (Å²) >= 11 is 0. The topological polar surface area (TPSA) is 54.0 Å². The maximum atomic E-state index is 12.3. The van der Waals surface area contributed by atoms with E-state index in [-0.39, 0.29) is 12.1 Å². The standard InChI is InChI=1S/C18H27N3O3/c1-14-5-6-17(23-2)16(12-14)20-7-9-21(10-8-20)18(22)19-13-15-4-3-11-24-15/h5-6,12,15H,3-4,7-11,13H2,1-2H3,(H,19,22). The second-order valence-electron chi connectivity index (χ2n) is 6.47. The van der Waals surface area contributed by atoms with Crippen LogP contribution in [0.5, 0.6) is 5.75 Å². The Hall–Kier alpha value is -1.95. The number of hydrogen-bond acceptors (Lipinski definition) is 4. The Labute approximate surface area is 143 Å². The fourth-order valence-electron chi connectivity index (χ4n) is 3.32. The summed E-state index contributed by atoms with van der Waals surface area (Å²) in [6.45, 7) is 6.57. The third-order valence-electron chi connectivity index (χ3n) is 4.75.